The van der Waals surface area contributed by atoms with Gasteiger partial charge in [0.15, 0.2) is 28.9 Å². The van der Waals surface area contributed by atoms with Crippen LogP contribution in [0.15, 0.2) is 48.1 Å². The topological polar surface area (TPSA) is 111 Å². The summed E-state index contributed by atoms with van der Waals surface area (Å²) in [4.78, 5) is 48.6. The van der Waals surface area contributed by atoms with E-state index in [2.05, 4.69) is 20.3 Å². The number of nitrogens with one attached hydrogen (secondary N) is 1. The largest absolute Gasteiger partial charge is 0.453 e. The summed E-state index contributed by atoms with van der Waals surface area (Å²) in [5.41, 5.74) is 1.08. The number of carbonyl (C=O) groups is 3. The first-order valence-electron chi connectivity index (χ1n) is 9.25. The van der Waals surface area contributed by atoms with Crippen LogP contribution in [-0.4, -0.2) is 39.2 Å². The molecule has 0 saturated carbocycles. The van der Waals surface area contributed by atoms with Gasteiger partial charge in [-0.15, -0.1) is 11.3 Å². The standard InChI is InChI=1S/C21H20N4O4S/c1-13(2)10-18(27)24-15-6-4-14(5-7-15)17(26)11-29-21(28)16-12-30-20(25-16)19-22-8-3-9-23-19/h3-9,12-13H,10-11H2,1-2H3,(H,24,27). The van der Waals surface area contributed by atoms with Gasteiger partial charge in [0.05, 0.1) is 0 Å². The summed E-state index contributed by atoms with van der Waals surface area (Å²) >= 11 is 1.22. The normalized spacial score (nSPS) is 10.6. The van der Waals surface area contributed by atoms with E-state index in [0.717, 1.165) is 0 Å². The predicted octanol–water partition coefficient (Wildman–Crippen LogP) is 3.62. The fraction of sp³-hybridized carbons (Fsp3) is 0.238. The Morgan fingerprint density at radius 3 is 2.47 bits per heavy atom. The van der Waals surface area contributed by atoms with Crippen molar-refractivity contribution in [3.8, 4) is 10.8 Å². The Labute approximate surface area is 177 Å². The number of ketones is 1. The summed E-state index contributed by atoms with van der Waals surface area (Å²) in [5.74, 6) is -0.459. The molecule has 3 aromatic rings. The van der Waals surface area contributed by atoms with Gasteiger partial charge < -0.3 is 10.1 Å². The van der Waals surface area contributed by atoms with Gasteiger partial charge in [-0.2, -0.15) is 0 Å². The van der Waals surface area contributed by atoms with Gasteiger partial charge in [-0.25, -0.2) is 19.7 Å². The minimum absolute atomic E-state index is 0.0819. The fourth-order valence-electron chi connectivity index (χ4n) is 2.49. The van der Waals surface area contributed by atoms with Crippen molar-refractivity contribution < 1.29 is 19.1 Å². The zero-order valence-electron chi connectivity index (χ0n) is 16.5. The third kappa shape index (κ3) is 5.77. The lowest BCUT2D eigenvalue weighted by molar-refractivity contribution is -0.116. The van der Waals surface area contributed by atoms with Crippen LogP contribution in [0.3, 0.4) is 0 Å². The van der Waals surface area contributed by atoms with E-state index in [1.807, 2.05) is 13.8 Å². The number of ether oxygens (including phenoxy) is 1. The van der Waals surface area contributed by atoms with E-state index in [9.17, 15) is 14.4 Å². The van der Waals surface area contributed by atoms with Crippen LogP contribution in [0.1, 0.15) is 41.1 Å². The second-order valence-electron chi connectivity index (χ2n) is 6.83. The number of nitrogens with zero attached hydrogens (tertiary/aromatic N) is 3. The number of esters is 1. The van der Waals surface area contributed by atoms with Gasteiger partial charge in [-0.3, -0.25) is 9.59 Å². The molecule has 1 amide bonds. The number of Topliss-reactive ketones (excluding diaryl/α,β-unsaturated/α-hetero) is 1. The number of carbonyl (C=O) groups excluding carboxylic acids is 3. The zero-order chi connectivity index (χ0) is 21.5. The first-order valence-corrected chi connectivity index (χ1v) is 10.1. The van der Waals surface area contributed by atoms with Crippen LogP contribution in [0.2, 0.25) is 0 Å². The number of anilines is 1. The lowest BCUT2D eigenvalue weighted by Gasteiger charge is -2.08. The van der Waals surface area contributed by atoms with Crippen molar-refractivity contribution in [3.05, 3.63) is 59.4 Å². The maximum atomic E-state index is 12.3. The van der Waals surface area contributed by atoms with Crippen LogP contribution in [0.5, 0.6) is 0 Å². The van der Waals surface area contributed by atoms with Crippen LogP contribution in [0.4, 0.5) is 5.69 Å². The number of benzene rings is 1. The summed E-state index contributed by atoms with van der Waals surface area (Å²) in [7, 11) is 0. The molecule has 154 valence electrons. The van der Waals surface area contributed by atoms with Crippen molar-refractivity contribution in [3.63, 3.8) is 0 Å². The molecule has 0 aliphatic carbocycles. The van der Waals surface area contributed by atoms with Crippen LogP contribution in [-0.2, 0) is 9.53 Å². The SMILES string of the molecule is CC(C)CC(=O)Nc1ccc(C(=O)COC(=O)c2csc(-c3ncccn3)n2)cc1. The van der Waals surface area contributed by atoms with E-state index in [1.54, 1.807) is 42.7 Å². The van der Waals surface area contributed by atoms with Gasteiger partial charge in [-0.05, 0) is 36.2 Å². The minimum Gasteiger partial charge on any atom is -0.453 e. The molecule has 2 heterocycles. The van der Waals surface area contributed by atoms with Crippen molar-refractivity contribution in [1.82, 2.24) is 15.0 Å². The molecule has 0 aliphatic heterocycles. The third-order valence-corrected chi connectivity index (χ3v) is 4.73. The molecule has 0 unspecified atom stereocenters. The molecule has 0 bridgehead atoms. The van der Waals surface area contributed by atoms with Crippen molar-refractivity contribution in [2.45, 2.75) is 20.3 Å². The van der Waals surface area contributed by atoms with E-state index < -0.39 is 12.6 Å². The van der Waals surface area contributed by atoms with E-state index in [-0.39, 0.29) is 23.3 Å². The molecule has 2 aromatic heterocycles. The molecular formula is C21H20N4O4S. The number of thiazole rings is 1. The van der Waals surface area contributed by atoms with Gasteiger partial charge in [0.1, 0.15) is 0 Å². The van der Waals surface area contributed by atoms with Crippen LogP contribution >= 0.6 is 11.3 Å². The van der Waals surface area contributed by atoms with Gasteiger partial charge in [0.2, 0.25) is 5.91 Å². The Morgan fingerprint density at radius 1 is 1.10 bits per heavy atom. The molecule has 0 atom stereocenters. The molecule has 0 saturated heterocycles. The predicted molar refractivity (Wildman–Crippen MR) is 112 cm³/mol. The lowest BCUT2D eigenvalue weighted by atomic mass is 10.1. The highest BCUT2D eigenvalue weighted by atomic mass is 32.1. The summed E-state index contributed by atoms with van der Waals surface area (Å²) in [5, 5.41) is 4.80. The molecule has 0 radical (unpaired) electrons. The lowest BCUT2D eigenvalue weighted by Crippen LogP contribution is -2.15. The van der Waals surface area contributed by atoms with Gasteiger partial charge >= 0.3 is 5.97 Å². The van der Waals surface area contributed by atoms with Crippen LogP contribution in [0.25, 0.3) is 10.8 Å². The fourth-order valence-corrected chi connectivity index (χ4v) is 3.22. The van der Waals surface area contributed by atoms with E-state index in [4.69, 9.17) is 4.74 Å². The average molecular weight is 424 g/mol. The number of hydrogen-bond donors (Lipinski definition) is 1. The Morgan fingerprint density at radius 2 is 1.80 bits per heavy atom. The van der Waals surface area contributed by atoms with Gasteiger partial charge in [-0.1, -0.05) is 13.8 Å². The summed E-state index contributed by atoms with van der Waals surface area (Å²) in [6.45, 7) is 3.52. The molecule has 1 aromatic carbocycles. The smallest absolute Gasteiger partial charge is 0.358 e. The number of aromatic nitrogens is 3. The van der Waals surface area contributed by atoms with E-state index in [1.165, 1.54) is 16.7 Å². The van der Waals surface area contributed by atoms with Crippen molar-refractivity contribution in [1.29, 1.82) is 0 Å². The maximum Gasteiger partial charge on any atom is 0.358 e. The molecule has 3 rings (SSSR count). The quantitative estimate of drug-likeness (QED) is 0.434. The van der Waals surface area contributed by atoms with E-state index in [0.29, 0.717) is 28.5 Å². The molecule has 9 heteroatoms. The second kappa shape index (κ2) is 9.84. The highest BCUT2D eigenvalue weighted by Crippen LogP contribution is 2.20. The summed E-state index contributed by atoms with van der Waals surface area (Å²) in [6.07, 6.45) is 3.59. The van der Waals surface area contributed by atoms with Crippen molar-refractivity contribution in [2.24, 2.45) is 5.92 Å². The first-order chi connectivity index (χ1) is 14.4. The van der Waals surface area contributed by atoms with Crippen molar-refractivity contribution in [2.75, 3.05) is 11.9 Å². The average Bonchev–Trinajstić information content (AvgIpc) is 3.23. The summed E-state index contributed by atoms with van der Waals surface area (Å²) < 4.78 is 5.08. The number of rotatable bonds is 8. The number of hydrogen-bond acceptors (Lipinski definition) is 8. The van der Waals surface area contributed by atoms with Crippen LogP contribution < -0.4 is 5.32 Å². The Hall–Kier alpha value is -3.46. The monoisotopic (exact) mass is 424 g/mol. The van der Waals surface area contributed by atoms with Crippen LogP contribution in [0, 0.1) is 5.92 Å². The van der Waals surface area contributed by atoms with Gasteiger partial charge in [0.25, 0.3) is 0 Å². The molecule has 1 N–H and O–H groups in total. The Bertz CT molecular complexity index is 1030. The molecule has 0 fully saturated rings. The Kier molecular flexibility index (Phi) is 6.97. The van der Waals surface area contributed by atoms with Gasteiger partial charge in [0, 0.05) is 35.4 Å². The highest BCUT2D eigenvalue weighted by Gasteiger charge is 2.16. The molecule has 0 spiro atoms. The Balaban J connectivity index is 1.53. The molecule has 30 heavy (non-hydrogen) atoms. The second-order valence-corrected chi connectivity index (χ2v) is 7.69. The summed E-state index contributed by atoms with van der Waals surface area (Å²) in [6, 6.07) is 8.12. The number of amides is 1. The van der Waals surface area contributed by atoms with Crippen molar-refractivity contribution >= 4 is 34.7 Å². The third-order valence-electron chi connectivity index (χ3n) is 3.89. The maximum absolute atomic E-state index is 12.3. The highest BCUT2D eigenvalue weighted by molar-refractivity contribution is 7.13. The molecule has 0 aliphatic rings. The van der Waals surface area contributed by atoms with E-state index >= 15 is 0 Å². The minimum atomic E-state index is -0.695. The molecule has 8 nitrogen and oxygen atoms in total. The zero-order valence-corrected chi connectivity index (χ0v) is 17.3. The first kappa shape index (κ1) is 21.3. The molecular weight excluding hydrogens is 404 g/mol.